The standard InChI is InChI=1S/C24H25BNO2P/c1-23(2)24(3,29-4)28-25(27-23)18-12-8-14-20-21(18)17-11-7-10-16-15-9-5-6-13-19(15)26(20)22(16)17/h5-11,13-14,18,29H,12H2,1-4H3. The summed E-state index contributed by atoms with van der Waals surface area (Å²) < 4.78 is 15.6. The number of allylic oxidation sites excluding steroid dienone is 1. The van der Waals surface area contributed by atoms with Crippen LogP contribution in [0.2, 0.25) is 0 Å². The molecule has 1 aliphatic carbocycles. The number of hydrogen-bond donors (Lipinski definition) is 0. The van der Waals surface area contributed by atoms with Gasteiger partial charge in [0.25, 0.3) is 0 Å². The molecule has 1 saturated heterocycles. The minimum atomic E-state index is -0.292. The van der Waals surface area contributed by atoms with Crippen LogP contribution in [0.15, 0.2) is 48.5 Å². The Bertz CT molecular complexity index is 1290. The molecule has 0 bridgehead atoms. The quantitative estimate of drug-likeness (QED) is 0.301. The molecule has 2 aromatic heterocycles. The third-order valence-electron chi connectivity index (χ3n) is 7.26. The smallest absolute Gasteiger partial charge is 0.402 e. The van der Waals surface area contributed by atoms with Crippen molar-refractivity contribution in [3.8, 4) is 0 Å². The van der Waals surface area contributed by atoms with Gasteiger partial charge in [0.1, 0.15) is 0 Å². The summed E-state index contributed by atoms with van der Waals surface area (Å²) in [6, 6.07) is 15.4. The Balaban J connectivity index is 1.60. The first-order valence-electron chi connectivity index (χ1n) is 10.4. The molecule has 4 aromatic rings. The summed E-state index contributed by atoms with van der Waals surface area (Å²) in [5.74, 6) is 0.205. The summed E-state index contributed by atoms with van der Waals surface area (Å²) in [5.41, 5.74) is 4.97. The molecule has 0 saturated carbocycles. The van der Waals surface area contributed by atoms with Crippen LogP contribution in [0, 0.1) is 0 Å². The monoisotopic (exact) mass is 401 g/mol. The molecule has 1 fully saturated rings. The first-order chi connectivity index (χ1) is 14.0. The lowest BCUT2D eigenvalue weighted by atomic mass is 9.64. The van der Waals surface area contributed by atoms with Crippen LogP contribution < -0.4 is 0 Å². The fourth-order valence-corrected chi connectivity index (χ4v) is 6.21. The van der Waals surface area contributed by atoms with E-state index >= 15 is 0 Å². The highest BCUT2D eigenvalue weighted by Crippen LogP contribution is 2.52. The molecule has 3 unspecified atom stereocenters. The Kier molecular flexibility index (Phi) is 3.62. The van der Waals surface area contributed by atoms with Gasteiger partial charge in [-0.1, -0.05) is 51.1 Å². The van der Waals surface area contributed by atoms with E-state index in [-0.39, 0.29) is 23.9 Å². The predicted molar refractivity (Wildman–Crippen MR) is 125 cm³/mol. The molecule has 0 amide bonds. The predicted octanol–water partition coefficient (Wildman–Crippen LogP) is 6.06. The molecule has 29 heavy (non-hydrogen) atoms. The van der Waals surface area contributed by atoms with E-state index in [1.807, 2.05) is 0 Å². The van der Waals surface area contributed by atoms with Crippen molar-refractivity contribution in [2.24, 2.45) is 0 Å². The van der Waals surface area contributed by atoms with Crippen LogP contribution in [0.5, 0.6) is 0 Å². The molecule has 2 aliphatic rings. The molecule has 0 spiro atoms. The van der Waals surface area contributed by atoms with Gasteiger partial charge in [0.05, 0.1) is 22.0 Å². The number of benzene rings is 2. The van der Waals surface area contributed by atoms with E-state index in [9.17, 15) is 0 Å². The lowest BCUT2D eigenvalue weighted by Gasteiger charge is -2.35. The van der Waals surface area contributed by atoms with Gasteiger partial charge in [-0.25, -0.2) is 0 Å². The average Bonchev–Trinajstić information content (AvgIpc) is 3.32. The van der Waals surface area contributed by atoms with Gasteiger partial charge in [-0.15, -0.1) is 0 Å². The highest BCUT2D eigenvalue weighted by atomic mass is 31.1. The van der Waals surface area contributed by atoms with Gasteiger partial charge in [0.2, 0.25) is 0 Å². The van der Waals surface area contributed by atoms with Crippen LogP contribution in [-0.4, -0.2) is 29.1 Å². The molecule has 3 heterocycles. The van der Waals surface area contributed by atoms with Crippen molar-refractivity contribution in [2.75, 3.05) is 6.66 Å². The van der Waals surface area contributed by atoms with Crippen LogP contribution in [0.3, 0.4) is 0 Å². The molecule has 3 atom stereocenters. The molecule has 1 aliphatic heterocycles. The highest BCUT2D eigenvalue weighted by Gasteiger charge is 2.56. The number of fused-ring (bicyclic) bond motifs is 6. The van der Waals surface area contributed by atoms with Crippen LogP contribution >= 0.6 is 8.58 Å². The Morgan fingerprint density at radius 3 is 2.55 bits per heavy atom. The largest absolute Gasteiger partial charge is 0.466 e. The van der Waals surface area contributed by atoms with E-state index in [1.54, 1.807) is 0 Å². The second kappa shape index (κ2) is 5.85. The van der Waals surface area contributed by atoms with E-state index < -0.39 is 0 Å². The van der Waals surface area contributed by atoms with Crippen molar-refractivity contribution in [1.82, 2.24) is 4.40 Å². The van der Waals surface area contributed by atoms with E-state index in [4.69, 9.17) is 9.31 Å². The molecular weight excluding hydrogens is 376 g/mol. The van der Waals surface area contributed by atoms with Crippen molar-refractivity contribution in [2.45, 2.75) is 44.0 Å². The number of aromatic nitrogens is 1. The third kappa shape index (κ3) is 2.20. The van der Waals surface area contributed by atoms with Crippen molar-refractivity contribution < 1.29 is 9.31 Å². The lowest BCUT2D eigenvalue weighted by molar-refractivity contribution is 0.0578. The second-order valence-electron chi connectivity index (χ2n) is 9.00. The van der Waals surface area contributed by atoms with E-state index in [0.717, 1.165) is 6.42 Å². The fourth-order valence-electron chi connectivity index (χ4n) is 5.32. The van der Waals surface area contributed by atoms with Gasteiger partial charge in [0, 0.05) is 27.7 Å². The summed E-state index contributed by atoms with van der Waals surface area (Å²) in [6.07, 6.45) is 5.53. The minimum absolute atomic E-state index is 0.205. The normalized spacial score (nSPS) is 26.6. The Morgan fingerprint density at radius 2 is 1.76 bits per heavy atom. The average molecular weight is 401 g/mol. The Labute approximate surface area is 173 Å². The van der Waals surface area contributed by atoms with Crippen LogP contribution in [-0.2, 0) is 9.31 Å². The fraction of sp³-hybridized carbons (Fsp3) is 0.333. The van der Waals surface area contributed by atoms with Crippen LogP contribution in [0.1, 0.15) is 44.3 Å². The Morgan fingerprint density at radius 1 is 1.00 bits per heavy atom. The first-order valence-corrected chi connectivity index (χ1v) is 11.9. The zero-order valence-electron chi connectivity index (χ0n) is 17.3. The van der Waals surface area contributed by atoms with Gasteiger partial charge in [-0.05, 0) is 51.6 Å². The van der Waals surface area contributed by atoms with Crippen molar-refractivity contribution in [1.29, 1.82) is 0 Å². The molecule has 2 aromatic carbocycles. The maximum absolute atomic E-state index is 6.63. The van der Waals surface area contributed by atoms with Gasteiger partial charge in [0.15, 0.2) is 0 Å². The van der Waals surface area contributed by atoms with Crippen LogP contribution in [0.25, 0.3) is 33.3 Å². The zero-order chi connectivity index (χ0) is 20.0. The first kappa shape index (κ1) is 17.9. The summed E-state index contributed by atoms with van der Waals surface area (Å²) in [6.45, 7) is 8.76. The maximum atomic E-state index is 6.63. The molecule has 146 valence electrons. The topological polar surface area (TPSA) is 22.9 Å². The lowest BCUT2D eigenvalue weighted by Crippen LogP contribution is -2.40. The van der Waals surface area contributed by atoms with E-state index in [1.165, 1.54) is 38.4 Å². The Hall–Kier alpha value is -1.87. The van der Waals surface area contributed by atoms with Crippen molar-refractivity contribution in [3.05, 3.63) is 59.8 Å². The SMILES string of the molecule is CPC1(C)OB(C2CC=Cc3c2c2cccc4c5ccccc5n3c24)OC1(C)C. The number of rotatable bonds is 2. The van der Waals surface area contributed by atoms with Gasteiger partial charge in [-0.2, -0.15) is 0 Å². The molecule has 5 heteroatoms. The minimum Gasteiger partial charge on any atom is -0.402 e. The maximum Gasteiger partial charge on any atom is 0.466 e. The summed E-state index contributed by atoms with van der Waals surface area (Å²) >= 11 is 0. The van der Waals surface area contributed by atoms with Gasteiger partial charge in [-0.3, -0.25) is 0 Å². The number of hydrogen-bond acceptors (Lipinski definition) is 2. The second-order valence-corrected chi connectivity index (χ2v) is 10.4. The molecule has 3 nitrogen and oxygen atoms in total. The third-order valence-corrected chi connectivity index (χ3v) is 8.93. The van der Waals surface area contributed by atoms with Crippen molar-refractivity contribution >= 4 is 49.0 Å². The molecule has 0 radical (unpaired) electrons. The molecule has 0 N–H and O–H groups in total. The van der Waals surface area contributed by atoms with Gasteiger partial charge >= 0.3 is 7.12 Å². The van der Waals surface area contributed by atoms with E-state index in [2.05, 4.69) is 86.5 Å². The summed E-state index contributed by atoms with van der Waals surface area (Å²) in [7, 11) is 0.451. The number of para-hydroxylation sites is 2. The zero-order valence-corrected chi connectivity index (χ0v) is 18.3. The molecule has 6 rings (SSSR count). The number of nitrogens with zero attached hydrogens (tertiary/aromatic N) is 1. The van der Waals surface area contributed by atoms with Gasteiger partial charge < -0.3 is 13.7 Å². The highest BCUT2D eigenvalue weighted by molar-refractivity contribution is 7.39. The van der Waals surface area contributed by atoms with E-state index in [0.29, 0.717) is 8.58 Å². The summed E-state index contributed by atoms with van der Waals surface area (Å²) in [5, 5.41) is 3.74. The molecular formula is C24H25BNO2P. The van der Waals surface area contributed by atoms with Crippen LogP contribution in [0.4, 0.5) is 0 Å². The van der Waals surface area contributed by atoms with Crippen molar-refractivity contribution in [3.63, 3.8) is 0 Å². The summed E-state index contributed by atoms with van der Waals surface area (Å²) in [4.78, 5) is 0.